The zero-order valence-corrected chi connectivity index (χ0v) is 16.4. The number of anilines is 1. The summed E-state index contributed by atoms with van der Waals surface area (Å²) < 4.78 is 25.2. The zero-order chi connectivity index (χ0) is 20.2. The molecule has 1 heterocycles. The maximum Gasteiger partial charge on any atom is 0.410 e. The minimum Gasteiger partial charge on any atom is -0.490 e. The van der Waals surface area contributed by atoms with Crippen LogP contribution in [0.4, 0.5) is 14.9 Å². The second-order valence-electron chi connectivity index (χ2n) is 8.01. The van der Waals surface area contributed by atoms with Gasteiger partial charge in [0.15, 0.2) is 0 Å². The molecular formula is C19H29FN2O5. The summed E-state index contributed by atoms with van der Waals surface area (Å²) in [4.78, 5) is 15.6. The molecule has 1 atom stereocenters. The van der Waals surface area contributed by atoms with Crippen LogP contribution in [0.3, 0.4) is 0 Å². The van der Waals surface area contributed by atoms with E-state index in [0.29, 0.717) is 31.9 Å². The van der Waals surface area contributed by atoms with Crippen molar-refractivity contribution in [1.82, 2.24) is 4.90 Å². The normalized spacial score (nSPS) is 17.4. The molecule has 1 aromatic rings. The Morgan fingerprint density at radius 2 is 1.81 bits per heavy atom. The number of carbonyl (C=O) groups excluding carboxylic acids is 1. The molecule has 7 nitrogen and oxygen atoms in total. The average molecular weight is 384 g/mol. The van der Waals surface area contributed by atoms with Crippen molar-refractivity contribution in [3.05, 3.63) is 24.0 Å². The number of hydrogen-bond donors (Lipinski definition) is 2. The number of hydrogen-bond acceptors (Lipinski definition) is 6. The maximum atomic E-state index is 14.5. The molecule has 0 radical (unpaired) electrons. The van der Waals surface area contributed by atoms with Crippen LogP contribution in [0.25, 0.3) is 0 Å². The maximum absolute atomic E-state index is 14.5. The molecule has 1 amide bonds. The number of ether oxygens (including phenoxy) is 2. The first-order chi connectivity index (χ1) is 12.5. The van der Waals surface area contributed by atoms with E-state index in [1.54, 1.807) is 17.0 Å². The Morgan fingerprint density at radius 1 is 1.19 bits per heavy atom. The fourth-order valence-corrected chi connectivity index (χ4v) is 2.57. The van der Waals surface area contributed by atoms with Crippen LogP contribution in [0, 0.1) is 5.82 Å². The molecule has 1 aliphatic rings. The Kier molecular flexibility index (Phi) is 6.54. The zero-order valence-electron chi connectivity index (χ0n) is 16.4. The second-order valence-corrected chi connectivity index (χ2v) is 8.01. The van der Waals surface area contributed by atoms with Crippen molar-refractivity contribution in [1.29, 1.82) is 0 Å². The molecule has 1 aromatic carbocycles. The molecule has 0 aromatic heterocycles. The molecule has 1 saturated heterocycles. The Balaban J connectivity index is 1.93. The molecule has 0 saturated carbocycles. The summed E-state index contributed by atoms with van der Waals surface area (Å²) in [5, 5.41) is 18.7. The lowest BCUT2D eigenvalue weighted by atomic mass is 10.1. The Labute approximate surface area is 159 Å². The van der Waals surface area contributed by atoms with Crippen LogP contribution < -0.4 is 9.64 Å². The summed E-state index contributed by atoms with van der Waals surface area (Å²) in [5.41, 5.74) is -1.50. The van der Waals surface area contributed by atoms with Crippen LogP contribution in [-0.4, -0.2) is 71.8 Å². The van der Waals surface area contributed by atoms with E-state index in [4.69, 9.17) is 14.6 Å². The Bertz CT molecular complexity index is 652. The molecule has 8 heteroatoms. The average Bonchev–Trinajstić information content (AvgIpc) is 2.59. The van der Waals surface area contributed by atoms with Gasteiger partial charge in [0.05, 0.1) is 12.3 Å². The summed E-state index contributed by atoms with van der Waals surface area (Å²) in [7, 11) is 0. The van der Waals surface area contributed by atoms with Gasteiger partial charge in [-0.3, -0.25) is 0 Å². The predicted octanol–water partition coefficient (Wildman–Crippen LogP) is 2.00. The van der Waals surface area contributed by atoms with Gasteiger partial charge in [-0.2, -0.15) is 0 Å². The number of amides is 1. The lowest BCUT2D eigenvalue weighted by Crippen LogP contribution is -2.50. The fourth-order valence-electron chi connectivity index (χ4n) is 2.57. The highest BCUT2D eigenvalue weighted by Crippen LogP contribution is 2.26. The summed E-state index contributed by atoms with van der Waals surface area (Å²) in [5.74, 6) is -0.167. The Morgan fingerprint density at radius 3 is 2.33 bits per heavy atom. The van der Waals surface area contributed by atoms with Gasteiger partial charge < -0.3 is 29.5 Å². The van der Waals surface area contributed by atoms with Gasteiger partial charge >= 0.3 is 6.09 Å². The van der Waals surface area contributed by atoms with Crippen LogP contribution in [-0.2, 0) is 4.74 Å². The number of halogens is 1. The van der Waals surface area contributed by atoms with Gasteiger partial charge in [0, 0.05) is 32.2 Å². The molecular weight excluding hydrogens is 355 g/mol. The highest BCUT2D eigenvalue weighted by Gasteiger charge is 2.27. The number of rotatable bonds is 5. The summed E-state index contributed by atoms with van der Waals surface area (Å²) >= 11 is 0. The number of nitrogens with zero attached hydrogens (tertiary/aromatic N) is 2. The van der Waals surface area contributed by atoms with Gasteiger partial charge in [-0.25, -0.2) is 9.18 Å². The third kappa shape index (κ3) is 6.25. The molecule has 2 N–H and O–H groups in total. The van der Waals surface area contributed by atoms with E-state index in [0.717, 1.165) is 0 Å². The summed E-state index contributed by atoms with van der Waals surface area (Å²) in [6, 6.07) is 4.48. The first kappa shape index (κ1) is 21.2. The molecule has 0 spiro atoms. The van der Waals surface area contributed by atoms with Crippen molar-refractivity contribution in [3.8, 4) is 5.75 Å². The van der Waals surface area contributed by atoms with Gasteiger partial charge in [0.25, 0.3) is 0 Å². The molecule has 0 bridgehead atoms. The van der Waals surface area contributed by atoms with Crippen LogP contribution in [0.5, 0.6) is 5.75 Å². The van der Waals surface area contributed by atoms with Crippen molar-refractivity contribution in [2.45, 2.75) is 38.9 Å². The smallest absolute Gasteiger partial charge is 0.410 e. The quantitative estimate of drug-likeness (QED) is 0.808. The first-order valence-corrected chi connectivity index (χ1v) is 8.99. The van der Waals surface area contributed by atoms with Crippen molar-refractivity contribution < 1.29 is 28.9 Å². The summed E-state index contributed by atoms with van der Waals surface area (Å²) in [6.45, 7) is 8.19. The van der Waals surface area contributed by atoms with Crippen molar-refractivity contribution in [3.63, 3.8) is 0 Å². The van der Waals surface area contributed by atoms with E-state index < -0.39 is 23.6 Å². The van der Waals surface area contributed by atoms with E-state index in [1.165, 1.54) is 13.0 Å². The topological polar surface area (TPSA) is 82.5 Å². The van der Waals surface area contributed by atoms with Gasteiger partial charge in [0.1, 0.15) is 29.4 Å². The van der Waals surface area contributed by atoms with Crippen molar-refractivity contribution >= 4 is 11.8 Å². The van der Waals surface area contributed by atoms with E-state index in [9.17, 15) is 14.3 Å². The Hall–Kier alpha value is -2.06. The van der Waals surface area contributed by atoms with Gasteiger partial charge in [-0.15, -0.1) is 0 Å². The predicted molar refractivity (Wildman–Crippen MR) is 99.6 cm³/mol. The number of aliphatic hydroxyl groups is 2. The molecule has 1 fully saturated rings. The van der Waals surface area contributed by atoms with Gasteiger partial charge in [0.2, 0.25) is 0 Å². The fraction of sp³-hybridized carbons (Fsp3) is 0.632. The third-order valence-electron chi connectivity index (χ3n) is 4.08. The SMILES string of the molecule is CC(O)(CO)COc1ccc(N2CCN(C(=O)OC(C)(C)C)CC2)c(F)c1. The van der Waals surface area contributed by atoms with Gasteiger partial charge in [-0.05, 0) is 39.8 Å². The summed E-state index contributed by atoms with van der Waals surface area (Å²) in [6.07, 6.45) is -0.359. The van der Waals surface area contributed by atoms with E-state index in [1.807, 2.05) is 25.7 Å². The lowest BCUT2D eigenvalue weighted by molar-refractivity contribution is -0.0325. The molecule has 2 rings (SSSR count). The van der Waals surface area contributed by atoms with Crippen molar-refractivity contribution in [2.24, 2.45) is 0 Å². The van der Waals surface area contributed by atoms with E-state index in [2.05, 4.69) is 0 Å². The van der Waals surface area contributed by atoms with Crippen LogP contribution in [0.2, 0.25) is 0 Å². The number of benzene rings is 1. The standard InChI is InChI=1S/C19H29FN2O5/c1-18(2,3)27-17(24)22-9-7-21(8-10-22)16-6-5-14(11-15(16)20)26-13-19(4,25)12-23/h5-6,11,23,25H,7-10,12-13H2,1-4H3. The first-order valence-electron chi connectivity index (χ1n) is 8.99. The number of piperazine rings is 1. The minimum absolute atomic E-state index is 0.142. The van der Waals surface area contributed by atoms with Crippen molar-refractivity contribution in [2.75, 3.05) is 44.3 Å². The molecule has 1 unspecified atom stereocenters. The van der Waals surface area contributed by atoms with Gasteiger partial charge in [-0.1, -0.05) is 0 Å². The molecule has 27 heavy (non-hydrogen) atoms. The monoisotopic (exact) mass is 384 g/mol. The third-order valence-corrected chi connectivity index (χ3v) is 4.08. The number of carbonyl (C=O) groups is 1. The van der Waals surface area contributed by atoms with Crippen LogP contribution in [0.15, 0.2) is 18.2 Å². The van der Waals surface area contributed by atoms with Crippen LogP contribution >= 0.6 is 0 Å². The molecule has 1 aliphatic heterocycles. The highest BCUT2D eigenvalue weighted by atomic mass is 19.1. The lowest BCUT2D eigenvalue weighted by Gasteiger charge is -2.36. The van der Waals surface area contributed by atoms with E-state index >= 15 is 0 Å². The molecule has 152 valence electrons. The second kappa shape index (κ2) is 8.31. The largest absolute Gasteiger partial charge is 0.490 e. The number of aliphatic hydroxyl groups excluding tert-OH is 1. The minimum atomic E-state index is -1.38. The van der Waals surface area contributed by atoms with E-state index in [-0.39, 0.29) is 18.4 Å². The molecule has 0 aliphatic carbocycles. The highest BCUT2D eigenvalue weighted by molar-refractivity contribution is 5.68. The van der Waals surface area contributed by atoms with Crippen LogP contribution in [0.1, 0.15) is 27.7 Å².